The van der Waals surface area contributed by atoms with Crippen LogP contribution in [0.2, 0.25) is 0 Å². The van der Waals surface area contributed by atoms with Gasteiger partial charge in [0.2, 0.25) is 11.8 Å². The van der Waals surface area contributed by atoms with Gasteiger partial charge < -0.3 is 10.2 Å². The minimum absolute atomic E-state index is 0.110. The summed E-state index contributed by atoms with van der Waals surface area (Å²) in [4.78, 5) is 27.4. The highest BCUT2D eigenvalue weighted by atomic mass is 19.1. The van der Waals surface area contributed by atoms with Crippen molar-refractivity contribution in [3.05, 3.63) is 71.0 Å². The molecule has 0 saturated heterocycles. The summed E-state index contributed by atoms with van der Waals surface area (Å²) >= 11 is 0. The van der Waals surface area contributed by atoms with Crippen LogP contribution in [0.25, 0.3) is 0 Å². The third-order valence-electron chi connectivity index (χ3n) is 4.54. The number of amides is 2. The summed E-state index contributed by atoms with van der Waals surface area (Å²) in [6.45, 7) is 9.78. The fraction of sp³-hybridized carbons (Fsp3) is 0.391. The molecule has 2 amide bonds. The van der Waals surface area contributed by atoms with E-state index in [2.05, 4.69) is 5.32 Å². The summed E-state index contributed by atoms with van der Waals surface area (Å²) in [6, 6.07) is 13.0. The van der Waals surface area contributed by atoms with Gasteiger partial charge in [0.05, 0.1) is 6.42 Å². The van der Waals surface area contributed by atoms with Crippen molar-refractivity contribution in [2.75, 3.05) is 0 Å². The molecule has 2 rings (SSSR count). The van der Waals surface area contributed by atoms with E-state index in [0.29, 0.717) is 12.1 Å². The van der Waals surface area contributed by atoms with Crippen molar-refractivity contribution >= 4 is 11.8 Å². The molecular formula is C23H29FN2O2. The molecule has 0 bridgehead atoms. The van der Waals surface area contributed by atoms with Crippen LogP contribution in [-0.4, -0.2) is 28.3 Å². The predicted octanol–water partition coefficient (Wildman–Crippen LogP) is 4.01. The second-order valence-electron chi connectivity index (χ2n) is 8.17. The lowest BCUT2D eigenvalue weighted by molar-refractivity contribution is -0.140. The molecule has 0 heterocycles. The third-order valence-corrected chi connectivity index (χ3v) is 4.54. The molecule has 1 atom stereocenters. The molecule has 0 spiro atoms. The number of carbonyl (C=O) groups is 2. The highest BCUT2D eigenvalue weighted by Gasteiger charge is 2.28. The minimum Gasteiger partial charge on any atom is -0.350 e. The number of halogens is 1. The first-order chi connectivity index (χ1) is 13.1. The molecule has 0 aliphatic rings. The molecule has 0 unspecified atom stereocenters. The van der Waals surface area contributed by atoms with Gasteiger partial charge in [-0.3, -0.25) is 9.59 Å². The van der Waals surface area contributed by atoms with Gasteiger partial charge in [-0.2, -0.15) is 0 Å². The van der Waals surface area contributed by atoms with Crippen molar-refractivity contribution < 1.29 is 14.0 Å². The molecule has 28 heavy (non-hydrogen) atoms. The zero-order valence-electron chi connectivity index (χ0n) is 17.3. The lowest BCUT2D eigenvalue weighted by atomic mass is 10.0. The quantitative estimate of drug-likeness (QED) is 0.818. The van der Waals surface area contributed by atoms with Gasteiger partial charge in [-0.15, -0.1) is 0 Å². The summed E-state index contributed by atoms with van der Waals surface area (Å²) in [7, 11) is 0. The van der Waals surface area contributed by atoms with E-state index in [1.165, 1.54) is 12.1 Å². The summed E-state index contributed by atoms with van der Waals surface area (Å²) < 4.78 is 13.2. The Balaban J connectivity index is 2.26. The molecule has 150 valence electrons. The molecule has 2 aromatic rings. The van der Waals surface area contributed by atoms with Crippen LogP contribution >= 0.6 is 0 Å². The maximum atomic E-state index is 13.2. The average molecular weight is 384 g/mol. The van der Waals surface area contributed by atoms with Crippen molar-refractivity contribution in [2.45, 2.75) is 59.2 Å². The number of hydrogen-bond acceptors (Lipinski definition) is 2. The maximum Gasteiger partial charge on any atom is 0.242 e. The van der Waals surface area contributed by atoms with Gasteiger partial charge in [-0.05, 0) is 63.4 Å². The van der Waals surface area contributed by atoms with Gasteiger partial charge in [0.15, 0.2) is 0 Å². The molecule has 4 nitrogen and oxygen atoms in total. The molecule has 0 fully saturated rings. The Labute approximate surface area is 166 Å². The normalized spacial score (nSPS) is 12.4. The number of hydrogen-bond donors (Lipinski definition) is 1. The number of aryl methyl sites for hydroxylation is 1. The Hall–Kier alpha value is -2.69. The van der Waals surface area contributed by atoms with Crippen molar-refractivity contribution in [1.82, 2.24) is 10.2 Å². The number of nitrogens with zero attached hydrogens (tertiary/aromatic N) is 1. The first-order valence-corrected chi connectivity index (χ1v) is 9.47. The Morgan fingerprint density at radius 3 is 2.25 bits per heavy atom. The van der Waals surface area contributed by atoms with E-state index in [1.807, 2.05) is 52.0 Å². The fourth-order valence-electron chi connectivity index (χ4n) is 2.91. The maximum absolute atomic E-state index is 13.2. The van der Waals surface area contributed by atoms with E-state index < -0.39 is 6.04 Å². The molecule has 1 N–H and O–H groups in total. The SMILES string of the molecule is Cc1ccccc1CN(C(=O)Cc1ccc(F)cc1)[C@@H](C)C(=O)NC(C)(C)C. The van der Waals surface area contributed by atoms with Crippen molar-refractivity contribution in [2.24, 2.45) is 0 Å². The summed E-state index contributed by atoms with van der Waals surface area (Å²) in [5.74, 6) is -0.717. The second kappa shape index (κ2) is 9.00. The van der Waals surface area contributed by atoms with Gasteiger partial charge in [0, 0.05) is 12.1 Å². The van der Waals surface area contributed by atoms with Crippen LogP contribution in [0.3, 0.4) is 0 Å². The monoisotopic (exact) mass is 384 g/mol. The van der Waals surface area contributed by atoms with E-state index in [1.54, 1.807) is 24.0 Å². The zero-order chi connectivity index (χ0) is 20.9. The van der Waals surface area contributed by atoms with Crippen molar-refractivity contribution in [1.29, 1.82) is 0 Å². The third kappa shape index (κ3) is 6.19. The summed E-state index contributed by atoms with van der Waals surface area (Å²) in [6.07, 6.45) is 0.110. The van der Waals surface area contributed by atoms with Crippen LogP contribution < -0.4 is 5.32 Å². The van der Waals surface area contributed by atoms with Gasteiger partial charge >= 0.3 is 0 Å². The first-order valence-electron chi connectivity index (χ1n) is 9.47. The summed E-state index contributed by atoms with van der Waals surface area (Å²) in [5.41, 5.74) is 2.38. The molecule has 0 radical (unpaired) electrons. The van der Waals surface area contributed by atoms with Crippen LogP contribution in [0.5, 0.6) is 0 Å². The van der Waals surface area contributed by atoms with Crippen LogP contribution in [0.1, 0.15) is 44.4 Å². The Kier molecular flexibility index (Phi) is 6.95. The van der Waals surface area contributed by atoms with E-state index in [9.17, 15) is 14.0 Å². The van der Waals surface area contributed by atoms with Crippen LogP contribution in [-0.2, 0) is 22.6 Å². The number of nitrogens with one attached hydrogen (secondary N) is 1. The molecule has 0 aliphatic heterocycles. The van der Waals surface area contributed by atoms with Crippen LogP contribution in [0.4, 0.5) is 4.39 Å². The van der Waals surface area contributed by atoms with Crippen LogP contribution in [0.15, 0.2) is 48.5 Å². The van der Waals surface area contributed by atoms with E-state index in [0.717, 1.165) is 11.1 Å². The number of rotatable bonds is 6. The Morgan fingerprint density at radius 1 is 1.07 bits per heavy atom. The molecule has 0 saturated carbocycles. The molecule has 0 aliphatic carbocycles. The lowest BCUT2D eigenvalue weighted by Gasteiger charge is -2.32. The lowest BCUT2D eigenvalue weighted by Crippen LogP contribution is -2.52. The molecular weight excluding hydrogens is 355 g/mol. The zero-order valence-corrected chi connectivity index (χ0v) is 17.3. The van der Waals surface area contributed by atoms with E-state index in [4.69, 9.17) is 0 Å². The van der Waals surface area contributed by atoms with Crippen LogP contribution in [0, 0.1) is 12.7 Å². The first kappa shape index (κ1) is 21.6. The predicted molar refractivity (Wildman–Crippen MR) is 109 cm³/mol. The standard InChI is InChI=1S/C23H29FN2O2/c1-16-8-6-7-9-19(16)15-26(17(2)22(28)25-23(3,4)5)21(27)14-18-10-12-20(24)13-11-18/h6-13,17H,14-15H2,1-5H3,(H,25,28)/t17-/m0/s1. The molecule has 5 heteroatoms. The summed E-state index contributed by atoms with van der Waals surface area (Å²) in [5, 5.41) is 2.94. The van der Waals surface area contributed by atoms with Gasteiger partial charge in [0.25, 0.3) is 0 Å². The highest BCUT2D eigenvalue weighted by Crippen LogP contribution is 2.16. The molecule has 2 aromatic carbocycles. The smallest absolute Gasteiger partial charge is 0.242 e. The van der Waals surface area contributed by atoms with Crippen molar-refractivity contribution in [3.63, 3.8) is 0 Å². The average Bonchev–Trinajstić information content (AvgIpc) is 2.61. The van der Waals surface area contributed by atoms with Gasteiger partial charge in [0.1, 0.15) is 11.9 Å². The second-order valence-corrected chi connectivity index (χ2v) is 8.17. The topological polar surface area (TPSA) is 49.4 Å². The van der Waals surface area contributed by atoms with Crippen molar-refractivity contribution in [3.8, 4) is 0 Å². The largest absolute Gasteiger partial charge is 0.350 e. The number of carbonyl (C=O) groups excluding carboxylic acids is 2. The van der Waals surface area contributed by atoms with E-state index >= 15 is 0 Å². The van der Waals surface area contributed by atoms with E-state index in [-0.39, 0.29) is 29.6 Å². The van der Waals surface area contributed by atoms with Gasteiger partial charge in [-0.1, -0.05) is 36.4 Å². The van der Waals surface area contributed by atoms with Gasteiger partial charge in [-0.25, -0.2) is 4.39 Å². The minimum atomic E-state index is -0.633. The Morgan fingerprint density at radius 2 is 1.68 bits per heavy atom. The highest BCUT2D eigenvalue weighted by molar-refractivity contribution is 5.88. The fourth-order valence-corrected chi connectivity index (χ4v) is 2.91. The Bertz CT molecular complexity index is 825. The molecule has 0 aromatic heterocycles. The number of benzene rings is 2.